The van der Waals surface area contributed by atoms with Gasteiger partial charge in [0.1, 0.15) is 6.04 Å². The highest BCUT2D eigenvalue weighted by atomic mass is 16.4. The largest absolute Gasteiger partial charge is 0.480 e. The number of nitrogens with zero attached hydrogens (tertiary/aromatic N) is 2. The van der Waals surface area contributed by atoms with Crippen molar-refractivity contribution in [2.24, 2.45) is 0 Å². The SMILES string of the molecule is Cc1cc(C)cc(C(=O)N(C)CC(=O)N(CCCc2ccccc2)[C@@H](Cc2c[nH]c3ccccc23)C(=O)O)c1. The Morgan fingerprint density at radius 2 is 1.59 bits per heavy atom. The number of aliphatic carboxylic acids is 1. The lowest BCUT2D eigenvalue weighted by atomic mass is 10.0. The summed E-state index contributed by atoms with van der Waals surface area (Å²) in [6.45, 7) is 3.89. The molecule has 2 N–H and O–H groups in total. The highest BCUT2D eigenvalue weighted by molar-refractivity contribution is 5.97. The van der Waals surface area contributed by atoms with E-state index in [9.17, 15) is 19.5 Å². The highest BCUT2D eigenvalue weighted by Crippen LogP contribution is 2.22. The lowest BCUT2D eigenvalue weighted by Crippen LogP contribution is -2.50. The predicted octanol–water partition coefficient (Wildman–Crippen LogP) is 5.01. The third-order valence-corrected chi connectivity index (χ3v) is 6.96. The fourth-order valence-corrected chi connectivity index (χ4v) is 5.08. The minimum Gasteiger partial charge on any atom is -0.480 e. The van der Waals surface area contributed by atoms with Gasteiger partial charge in [0.05, 0.1) is 6.54 Å². The first-order valence-electron chi connectivity index (χ1n) is 13.2. The molecule has 1 heterocycles. The number of benzene rings is 3. The van der Waals surface area contributed by atoms with E-state index in [-0.39, 0.29) is 25.4 Å². The Bertz CT molecular complexity index is 1440. The van der Waals surface area contributed by atoms with Crippen LogP contribution in [0.1, 0.15) is 39.0 Å². The van der Waals surface area contributed by atoms with Crippen LogP contribution in [0.2, 0.25) is 0 Å². The maximum Gasteiger partial charge on any atom is 0.326 e. The van der Waals surface area contributed by atoms with E-state index in [1.54, 1.807) is 19.2 Å². The normalized spacial score (nSPS) is 11.8. The number of carbonyl (C=O) groups excluding carboxylic acids is 2. The molecule has 2 amide bonds. The number of aromatic amines is 1. The van der Waals surface area contributed by atoms with E-state index in [1.165, 1.54) is 9.80 Å². The topological polar surface area (TPSA) is 93.7 Å². The number of hydrogen-bond acceptors (Lipinski definition) is 3. The van der Waals surface area contributed by atoms with E-state index < -0.39 is 17.9 Å². The van der Waals surface area contributed by atoms with Gasteiger partial charge in [-0.25, -0.2) is 4.79 Å². The van der Waals surface area contributed by atoms with Gasteiger partial charge >= 0.3 is 5.97 Å². The fourth-order valence-electron chi connectivity index (χ4n) is 5.08. The molecule has 4 aromatic rings. The number of aromatic nitrogens is 1. The summed E-state index contributed by atoms with van der Waals surface area (Å²) in [6, 6.07) is 22.1. The minimum absolute atomic E-state index is 0.158. The Hall–Kier alpha value is -4.39. The maximum atomic E-state index is 13.7. The number of fused-ring (bicyclic) bond motifs is 1. The van der Waals surface area contributed by atoms with Crippen LogP contribution >= 0.6 is 0 Å². The molecule has 0 bridgehead atoms. The molecule has 202 valence electrons. The third kappa shape index (κ3) is 6.93. The van der Waals surface area contributed by atoms with Gasteiger partial charge in [0, 0.05) is 42.7 Å². The monoisotopic (exact) mass is 525 g/mol. The Morgan fingerprint density at radius 3 is 2.28 bits per heavy atom. The molecule has 0 saturated heterocycles. The molecule has 1 aromatic heterocycles. The van der Waals surface area contributed by atoms with Crippen molar-refractivity contribution in [2.45, 2.75) is 39.2 Å². The number of carbonyl (C=O) groups is 3. The van der Waals surface area contributed by atoms with Crippen LogP contribution in [-0.4, -0.2) is 63.9 Å². The van der Waals surface area contributed by atoms with Crippen LogP contribution < -0.4 is 0 Å². The number of aryl methyl sites for hydroxylation is 3. The highest BCUT2D eigenvalue weighted by Gasteiger charge is 2.31. The molecule has 1 atom stereocenters. The standard InChI is InChI=1S/C32H35N3O4/c1-22-16-23(2)18-25(17-22)31(37)34(3)21-30(36)35(15-9-12-24-10-5-4-6-11-24)29(32(38)39)19-26-20-33-28-14-8-7-13-27(26)28/h4-8,10-11,13-14,16-18,20,29,33H,9,12,15,19,21H2,1-3H3,(H,38,39)/t29-/m0/s1. The van der Waals surface area contributed by atoms with Gasteiger partial charge in [0.25, 0.3) is 5.91 Å². The Labute approximate surface area is 229 Å². The molecule has 4 rings (SSSR count). The quantitative estimate of drug-likeness (QED) is 0.288. The summed E-state index contributed by atoms with van der Waals surface area (Å²) in [4.78, 5) is 45.4. The zero-order valence-corrected chi connectivity index (χ0v) is 22.7. The van der Waals surface area contributed by atoms with Crippen molar-refractivity contribution in [3.8, 4) is 0 Å². The van der Waals surface area contributed by atoms with E-state index >= 15 is 0 Å². The van der Waals surface area contributed by atoms with E-state index in [2.05, 4.69) is 4.98 Å². The number of para-hydroxylation sites is 1. The molecule has 7 nitrogen and oxygen atoms in total. The molecule has 7 heteroatoms. The Kier molecular flexibility index (Phi) is 8.81. The number of carboxylic acid groups (broad SMARTS) is 1. The van der Waals surface area contributed by atoms with Gasteiger partial charge < -0.3 is 19.9 Å². The summed E-state index contributed by atoms with van der Waals surface area (Å²) in [7, 11) is 1.58. The van der Waals surface area contributed by atoms with Crippen molar-refractivity contribution < 1.29 is 19.5 Å². The molecule has 0 aliphatic carbocycles. The number of carboxylic acids is 1. The van der Waals surface area contributed by atoms with Gasteiger partial charge in [0.2, 0.25) is 5.91 Å². The molecule has 0 unspecified atom stereocenters. The number of nitrogens with one attached hydrogen (secondary N) is 1. The first-order valence-corrected chi connectivity index (χ1v) is 13.2. The number of H-pyrrole nitrogens is 1. The molecule has 0 radical (unpaired) electrons. The Morgan fingerprint density at radius 1 is 0.923 bits per heavy atom. The van der Waals surface area contributed by atoms with Crippen LogP contribution in [0.3, 0.4) is 0 Å². The number of rotatable bonds is 11. The molecule has 0 aliphatic heterocycles. The minimum atomic E-state index is -1.07. The molecular formula is C32H35N3O4. The van der Waals surface area contributed by atoms with Crippen LogP contribution in [0.25, 0.3) is 10.9 Å². The molecule has 3 aromatic carbocycles. The second kappa shape index (κ2) is 12.4. The zero-order chi connectivity index (χ0) is 27.9. The van der Waals surface area contributed by atoms with Crippen LogP contribution in [0.15, 0.2) is 79.0 Å². The number of likely N-dealkylation sites (N-methyl/N-ethyl adjacent to an activating group) is 1. The summed E-state index contributed by atoms with van der Waals surface area (Å²) in [5.41, 5.74) is 5.30. The fraction of sp³-hybridized carbons (Fsp3) is 0.281. The predicted molar refractivity (Wildman–Crippen MR) is 153 cm³/mol. The second-order valence-electron chi connectivity index (χ2n) is 10.1. The molecule has 0 spiro atoms. The lowest BCUT2D eigenvalue weighted by Gasteiger charge is -2.31. The lowest BCUT2D eigenvalue weighted by molar-refractivity contribution is -0.150. The number of amides is 2. The van der Waals surface area contributed by atoms with Gasteiger partial charge in [0.15, 0.2) is 0 Å². The van der Waals surface area contributed by atoms with Gasteiger partial charge in [-0.2, -0.15) is 0 Å². The number of hydrogen-bond donors (Lipinski definition) is 2. The summed E-state index contributed by atoms with van der Waals surface area (Å²) in [6.07, 6.45) is 3.28. The van der Waals surface area contributed by atoms with E-state index in [0.29, 0.717) is 18.4 Å². The summed E-state index contributed by atoms with van der Waals surface area (Å²) in [5.74, 6) is -1.74. The molecule has 0 fully saturated rings. The van der Waals surface area contributed by atoms with E-state index in [1.807, 2.05) is 80.7 Å². The van der Waals surface area contributed by atoms with Crippen molar-refractivity contribution in [1.29, 1.82) is 0 Å². The van der Waals surface area contributed by atoms with Crippen LogP contribution in [0.5, 0.6) is 0 Å². The Balaban J connectivity index is 1.56. The van der Waals surface area contributed by atoms with Crippen molar-refractivity contribution in [2.75, 3.05) is 20.1 Å². The van der Waals surface area contributed by atoms with Crippen LogP contribution in [0, 0.1) is 13.8 Å². The third-order valence-electron chi connectivity index (χ3n) is 6.96. The van der Waals surface area contributed by atoms with E-state index in [0.717, 1.165) is 33.2 Å². The van der Waals surface area contributed by atoms with Crippen LogP contribution in [0.4, 0.5) is 0 Å². The van der Waals surface area contributed by atoms with Crippen molar-refractivity contribution in [1.82, 2.24) is 14.8 Å². The summed E-state index contributed by atoms with van der Waals surface area (Å²) in [5, 5.41) is 11.2. The van der Waals surface area contributed by atoms with Crippen LogP contribution in [-0.2, 0) is 22.4 Å². The maximum absolute atomic E-state index is 13.7. The molecular weight excluding hydrogens is 490 g/mol. The average molecular weight is 526 g/mol. The molecule has 0 saturated carbocycles. The van der Waals surface area contributed by atoms with Gasteiger partial charge in [-0.05, 0) is 56.0 Å². The van der Waals surface area contributed by atoms with Crippen molar-refractivity contribution in [3.63, 3.8) is 0 Å². The van der Waals surface area contributed by atoms with Gasteiger partial charge in [-0.1, -0.05) is 65.7 Å². The molecule has 39 heavy (non-hydrogen) atoms. The summed E-state index contributed by atoms with van der Waals surface area (Å²) < 4.78 is 0. The van der Waals surface area contributed by atoms with Crippen molar-refractivity contribution >= 4 is 28.7 Å². The van der Waals surface area contributed by atoms with Gasteiger partial charge in [-0.15, -0.1) is 0 Å². The van der Waals surface area contributed by atoms with Gasteiger partial charge in [-0.3, -0.25) is 9.59 Å². The average Bonchev–Trinajstić information content (AvgIpc) is 3.32. The second-order valence-corrected chi connectivity index (χ2v) is 10.1. The van der Waals surface area contributed by atoms with Crippen molar-refractivity contribution in [3.05, 3.63) is 107 Å². The first kappa shape index (κ1) is 27.6. The summed E-state index contributed by atoms with van der Waals surface area (Å²) >= 11 is 0. The zero-order valence-electron chi connectivity index (χ0n) is 22.7. The molecule has 0 aliphatic rings. The first-order chi connectivity index (χ1) is 18.7. The van der Waals surface area contributed by atoms with E-state index in [4.69, 9.17) is 0 Å². The smallest absolute Gasteiger partial charge is 0.326 e.